The van der Waals surface area contributed by atoms with Crippen LogP contribution in [0.4, 0.5) is 23.4 Å². The number of alkyl halides is 3. The lowest BCUT2D eigenvalue weighted by Gasteiger charge is -2.37. The molecular formula is C18H17BrF4N6. The number of nitrogens with one attached hydrogen (secondary N) is 2. The molecule has 3 aromatic rings. The molecule has 0 aliphatic carbocycles. The van der Waals surface area contributed by atoms with Crippen LogP contribution in [0, 0.1) is 5.82 Å². The molecule has 1 fully saturated rings. The normalized spacial score (nSPS) is 16.9. The molecule has 4 rings (SSSR count). The van der Waals surface area contributed by atoms with Crippen LogP contribution >= 0.6 is 15.9 Å². The van der Waals surface area contributed by atoms with Gasteiger partial charge in [0.15, 0.2) is 11.3 Å². The fraction of sp³-hybridized carbons (Fsp3) is 0.389. The number of rotatable bonds is 4. The largest absolute Gasteiger partial charge is 0.434 e. The van der Waals surface area contributed by atoms with Gasteiger partial charge in [-0.05, 0) is 54.0 Å². The summed E-state index contributed by atoms with van der Waals surface area (Å²) in [5.74, 6) is -0.275. The van der Waals surface area contributed by atoms with Crippen LogP contribution in [0.25, 0.3) is 5.65 Å². The Morgan fingerprint density at radius 3 is 2.62 bits per heavy atom. The maximum absolute atomic E-state index is 13.4. The zero-order chi connectivity index (χ0) is 20.6. The average molecular weight is 473 g/mol. The Kier molecular flexibility index (Phi) is 5.19. The van der Waals surface area contributed by atoms with Crippen molar-refractivity contribution >= 4 is 27.4 Å². The molecule has 0 radical (unpaired) electrons. The van der Waals surface area contributed by atoms with Gasteiger partial charge < -0.3 is 10.6 Å². The van der Waals surface area contributed by atoms with Crippen molar-refractivity contribution in [3.63, 3.8) is 0 Å². The molecule has 1 saturated heterocycles. The third-order valence-corrected chi connectivity index (χ3v) is 5.92. The number of hydrogen-bond donors (Lipinski definition) is 2. The van der Waals surface area contributed by atoms with Crippen LogP contribution in [0.3, 0.4) is 0 Å². The van der Waals surface area contributed by atoms with Gasteiger partial charge in [-0.1, -0.05) is 0 Å². The van der Waals surface area contributed by atoms with E-state index in [1.807, 2.05) is 0 Å². The minimum atomic E-state index is -4.62. The van der Waals surface area contributed by atoms with Crippen molar-refractivity contribution in [2.75, 3.05) is 25.0 Å². The molecule has 1 aliphatic heterocycles. The highest BCUT2D eigenvalue weighted by Crippen LogP contribution is 2.39. The van der Waals surface area contributed by atoms with Gasteiger partial charge >= 0.3 is 6.18 Å². The predicted molar refractivity (Wildman–Crippen MR) is 102 cm³/mol. The number of hydrogen-bond acceptors (Lipinski definition) is 5. The van der Waals surface area contributed by atoms with Crippen molar-refractivity contribution in [2.45, 2.75) is 24.4 Å². The van der Waals surface area contributed by atoms with Crippen LogP contribution in [0.5, 0.6) is 0 Å². The highest BCUT2D eigenvalue weighted by Gasteiger charge is 2.39. The molecule has 6 nitrogen and oxygen atoms in total. The van der Waals surface area contributed by atoms with Gasteiger partial charge in [0.05, 0.1) is 16.9 Å². The maximum atomic E-state index is 13.4. The van der Waals surface area contributed by atoms with Gasteiger partial charge in [-0.2, -0.15) is 22.8 Å². The molecular weight excluding hydrogens is 456 g/mol. The monoisotopic (exact) mass is 472 g/mol. The third kappa shape index (κ3) is 3.80. The summed E-state index contributed by atoms with van der Waals surface area (Å²) >= 11 is 3.05. The molecule has 11 heteroatoms. The van der Waals surface area contributed by atoms with Crippen LogP contribution < -0.4 is 10.6 Å². The van der Waals surface area contributed by atoms with Crippen molar-refractivity contribution in [3.8, 4) is 0 Å². The molecule has 0 unspecified atom stereocenters. The zero-order valence-corrected chi connectivity index (χ0v) is 16.7. The fourth-order valence-corrected chi connectivity index (χ4v) is 4.26. The predicted octanol–water partition coefficient (Wildman–Crippen LogP) is 3.78. The topological polar surface area (TPSA) is 67.1 Å². The molecule has 29 heavy (non-hydrogen) atoms. The van der Waals surface area contributed by atoms with E-state index in [4.69, 9.17) is 0 Å². The summed E-state index contributed by atoms with van der Waals surface area (Å²) in [6, 6.07) is 4.39. The van der Waals surface area contributed by atoms with Crippen molar-refractivity contribution < 1.29 is 17.6 Å². The highest BCUT2D eigenvalue weighted by atomic mass is 79.9. The second kappa shape index (κ2) is 7.52. The summed E-state index contributed by atoms with van der Waals surface area (Å²) in [7, 11) is 0. The van der Waals surface area contributed by atoms with E-state index in [9.17, 15) is 17.6 Å². The first-order valence-corrected chi connectivity index (χ1v) is 9.77. The molecule has 0 bridgehead atoms. The standard InChI is InChI=1S/C18H17BrF4N6/c19-14-15(18(21,22)23)28-13-3-6-27-29(13)16(14)26-10-17(4-7-24-8-5-17)12-2-1-11(20)9-25-12/h1-3,6,9,24,26H,4-5,7-8,10H2. The van der Waals surface area contributed by atoms with Crippen molar-refractivity contribution in [2.24, 2.45) is 0 Å². The summed E-state index contributed by atoms with van der Waals surface area (Å²) in [5, 5.41) is 10.5. The molecule has 0 spiro atoms. The summed E-state index contributed by atoms with van der Waals surface area (Å²) in [5.41, 5.74) is -0.695. The van der Waals surface area contributed by atoms with Crippen LogP contribution in [-0.4, -0.2) is 39.2 Å². The van der Waals surface area contributed by atoms with Gasteiger partial charge in [0.2, 0.25) is 0 Å². The Labute approximate surface area is 171 Å². The van der Waals surface area contributed by atoms with Crippen LogP contribution in [0.15, 0.2) is 35.1 Å². The van der Waals surface area contributed by atoms with Crippen LogP contribution in [-0.2, 0) is 11.6 Å². The lowest BCUT2D eigenvalue weighted by Crippen LogP contribution is -2.45. The fourth-order valence-electron chi connectivity index (χ4n) is 3.63. The molecule has 0 aromatic carbocycles. The Morgan fingerprint density at radius 1 is 1.21 bits per heavy atom. The summed E-state index contributed by atoms with van der Waals surface area (Å²) in [6.45, 7) is 1.76. The molecule has 4 heterocycles. The smallest absolute Gasteiger partial charge is 0.368 e. The van der Waals surface area contributed by atoms with Gasteiger partial charge in [0, 0.05) is 23.7 Å². The lowest BCUT2D eigenvalue weighted by atomic mass is 9.75. The molecule has 0 amide bonds. The first-order valence-electron chi connectivity index (χ1n) is 8.97. The molecule has 0 atom stereocenters. The van der Waals surface area contributed by atoms with E-state index in [-0.39, 0.29) is 15.9 Å². The summed E-state index contributed by atoms with van der Waals surface area (Å²) in [6.07, 6.45) is -0.658. The van der Waals surface area contributed by atoms with E-state index in [2.05, 4.69) is 41.6 Å². The molecule has 3 aromatic heterocycles. The number of piperidine rings is 1. The second-order valence-electron chi connectivity index (χ2n) is 6.97. The first kappa shape index (κ1) is 20.0. The molecule has 1 aliphatic rings. The SMILES string of the molecule is Fc1ccc(C2(CNc3c(Br)c(C(F)(F)F)nc4ccnn34)CCNCC2)nc1. The van der Waals surface area contributed by atoms with E-state index in [0.717, 1.165) is 19.3 Å². The van der Waals surface area contributed by atoms with Gasteiger partial charge in [-0.25, -0.2) is 9.37 Å². The van der Waals surface area contributed by atoms with E-state index in [0.29, 0.717) is 25.1 Å². The highest BCUT2D eigenvalue weighted by molar-refractivity contribution is 9.10. The number of anilines is 1. The lowest BCUT2D eigenvalue weighted by molar-refractivity contribution is -0.141. The van der Waals surface area contributed by atoms with Gasteiger partial charge in [0.1, 0.15) is 11.6 Å². The van der Waals surface area contributed by atoms with Crippen molar-refractivity contribution in [1.29, 1.82) is 0 Å². The summed E-state index contributed by atoms with van der Waals surface area (Å²) in [4.78, 5) is 7.92. The number of halogens is 5. The van der Waals surface area contributed by atoms with E-state index in [1.165, 1.54) is 22.8 Å². The average Bonchev–Trinajstić information content (AvgIpc) is 3.16. The Morgan fingerprint density at radius 2 is 1.97 bits per heavy atom. The third-order valence-electron chi connectivity index (χ3n) is 5.17. The van der Waals surface area contributed by atoms with Crippen molar-refractivity contribution in [1.82, 2.24) is 24.9 Å². The number of fused-ring (bicyclic) bond motifs is 1. The van der Waals surface area contributed by atoms with Crippen LogP contribution in [0.2, 0.25) is 0 Å². The Hall–Kier alpha value is -2.27. The second-order valence-corrected chi connectivity index (χ2v) is 7.76. The zero-order valence-electron chi connectivity index (χ0n) is 15.1. The van der Waals surface area contributed by atoms with Gasteiger partial charge in [0.25, 0.3) is 0 Å². The summed E-state index contributed by atoms with van der Waals surface area (Å²) < 4.78 is 54.8. The first-order chi connectivity index (χ1) is 13.8. The molecule has 154 valence electrons. The van der Waals surface area contributed by atoms with Gasteiger partial charge in [-0.3, -0.25) is 4.98 Å². The van der Waals surface area contributed by atoms with Crippen LogP contribution in [0.1, 0.15) is 24.2 Å². The molecule has 0 saturated carbocycles. The number of pyridine rings is 1. The quantitative estimate of drug-likeness (QED) is 0.565. The maximum Gasteiger partial charge on any atom is 0.434 e. The van der Waals surface area contributed by atoms with E-state index < -0.39 is 23.1 Å². The van der Waals surface area contributed by atoms with Crippen molar-refractivity contribution in [3.05, 3.63) is 52.3 Å². The Balaban J connectivity index is 1.73. The van der Waals surface area contributed by atoms with E-state index >= 15 is 0 Å². The van der Waals surface area contributed by atoms with Gasteiger partial charge in [-0.15, -0.1) is 0 Å². The minimum absolute atomic E-state index is 0.0855. The number of aromatic nitrogens is 4. The molecule has 2 N–H and O–H groups in total. The minimum Gasteiger partial charge on any atom is -0.368 e. The number of nitrogens with zero attached hydrogens (tertiary/aromatic N) is 4. The Bertz CT molecular complexity index is 1010. The van der Waals surface area contributed by atoms with E-state index in [1.54, 1.807) is 6.07 Å².